The third-order valence-corrected chi connectivity index (χ3v) is 5.40. The Balaban J connectivity index is 1.71. The summed E-state index contributed by atoms with van der Waals surface area (Å²) in [5.74, 6) is 2.77. The van der Waals surface area contributed by atoms with Gasteiger partial charge >= 0.3 is 0 Å². The third kappa shape index (κ3) is 5.90. The highest BCUT2D eigenvalue weighted by atomic mass is 16.5. The molecular weight excluding hydrogens is 392 g/mol. The summed E-state index contributed by atoms with van der Waals surface area (Å²) in [7, 11) is 3.28. The van der Waals surface area contributed by atoms with E-state index in [-0.39, 0.29) is 5.91 Å². The minimum absolute atomic E-state index is 0.131. The summed E-state index contributed by atoms with van der Waals surface area (Å²) in [4.78, 5) is 18.7. The van der Waals surface area contributed by atoms with E-state index in [0.29, 0.717) is 23.9 Å². The van der Waals surface area contributed by atoms with Gasteiger partial charge in [0, 0.05) is 32.5 Å². The molecule has 2 N–H and O–H groups in total. The van der Waals surface area contributed by atoms with Crippen LogP contribution in [0, 0.1) is 0 Å². The summed E-state index contributed by atoms with van der Waals surface area (Å²) in [5.41, 5.74) is 2.99. The van der Waals surface area contributed by atoms with Gasteiger partial charge in [0.2, 0.25) is 5.91 Å². The summed E-state index contributed by atoms with van der Waals surface area (Å²) >= 11 is 0. The van der Waals surface area contributed by atoms with Crippen molar-refractivity contribution in [1.29, 1.82) is 0 Å². The summed E-state index contributed by atoms with van der Waals surface area (Å²) in [6, 6.07) is 14.1. The standard InChI is InChI=1S/C24H32N4O3/c1-5-25-24(26-15-18-6-11-23(31-4)22(14-18)27-17(2)29)28-13-12-20(16-28)19-7-9-21(30-3)10-8-19/h6-11,14,20H,5,12-13,15-16H2,1-4H3,(H,25,26)(H,27,29). The van der Waals surface area contributed by atoms with E-state index in [2.05, 4.69) is 34.6 Å². The molecule has 3 rings (SSSR count). The monoisotopic (exact) mass is 424 g/mol. The SMILES string of the molecule is CCNC(=NCc1ccc(OC)c(NC(C)=O)c1)N1CCC(c2ccc(OC)cc2)C1. The molecule has 1 unspecified atom stereocenters. The molecule has 166 valence electrons. The van der Waals surface area contributed by atoms with E-state index in [1.165, 1.54) is 12.5 Å². The molecule has 7 nitrogen and oxygen atoms in total. The highest BCUT2D eigenvalue weighted by Gasteiger charge is 2.26. The van der Waals surface area contributed by atoms with Crippen LogP contribution in [0.4, 0.5) is 5.69 Å². The maximum absolute atomic E-state index is 11.5. The van der Waals surface area contributed by atoms with Gasteiger partial charge in [-0.25, -0.2) is 4.99 Å². The van der Waals surface area contributed by atoms with Gasteiger partial charge in [0.15, 0.2) is 5.96 Å². The predicted octanol–water partition coefficient (Wildman–Crippen LogP) is 3.62. The minimum atomic E-state index is -0.131. The molecule has 0 radical (unpaired) electrons. The number of likely N-dealkylation sites (tertiary alicyclic amines) is 1. The summed E-state index contributed by atoms with van der Waals surface area (Å²) < 4.78 is 10.6. The number of anilines is 1. The van der Waals surface area contributed by atoms with Crippen LogP contribution in [0.1, 0.15) is 37.3 Å². The van der Waals surface area contributed by atoms with Crippen LogP contribution in [-0.2, 0) is 11.3 Å². The molecular formula is C24H32N4O3. The van der Waals surface area contributed by atoms with Gasteiger partial charge in [-0.15, -0.1) is 0 Å². The largest absolute Gasteiger partial charge is 0.497 e. The first kappa shape index (κ1) is 22.5. The van der Waals surface area contributed by atoms with E-state index in [9.17, 15) is 4.79 Å². The van der Waals surface area contributed by atoms with Crippen molar-refractivity contribution in [3.63, 3.8) is 0 Å². The van der Waals surface area contributed by atoms with Gasteiger partial charge in [0.05, 0.1) is 26.5 Å². The van der Waals surface area contributed by atoms with E-state index < -0.39 is 0 Å². The number of hydrogen-bond acceptors (Lipinski definition) is 4. The average Bonchev–Trinajstić information content (AvgIpc) is 3.26. The Hall–Kier alpha value is -3.22. The highest BCUT2D eigenvalue weighted by molar-refractivity contribution is 5.90. The number of methoxy groups -OCH3 is 2. The molecule has 1 aliphatic rings. The first-order chi connectivity index (χ1) is 15.0. The Labute approximate surface area is 184 Å². The maximum Gasteiger partial charge on any atom is 0.221 e. The Bertz CT molecular complexity index is 912. The van der Waals surface area contributed by atoms with Crippen molar-refractivity contribution in [1.82, 2.24) is 10.2 Å². The number of benzene rings is 2. The van der Waals surface area contributed by atoms with Crippen LogP contribution in [0.25, 0.3) is 0 Å². The molecule has 1 fully saturated rings. The molecule has 0 spiro atoms. The number of guanidine groups is 1. The lowest BCUT2D eigenvalue weighted by Gasteiger charge is -2.22. The molecule has 0 saturated carbocycles. The van der Waals surface area contributed by atoms with Gasteiger partial charge in [-0.1, -0.05) is 18.2 Å². The molecule has 0 aliphatic carbocycles. The Morgan fingerprint density at radius 3 is 2.58 bits per heavy atom. The molecule has 1 saturated heterocycles. The second-order valence-electron chi connectivity index (χ2n) is 7.59. The van der Waals surface area contributed by atoms with Crippen LogP contribution in [0.5, 0.6) is 11.5 Å². The zero-order valence-corrected chi connectivity index (χ0v) is 18.8. The van der Waals surface area contributed by atoms with Gasteiger partial charge in [0.25, 0.3) is 0 Å². The lowest BCUT2D eigenvalue weighted by Crippen LogP contribution is -2.40. The van der Waals surface area contributed by atoms with Gasteiger partial charge in [-0.2, -0.15) is 0 Å². The average molecular weight is 425 g/mol. The van der Waals surface area contributed by atoms with Crippen molar-refractivity contribution in [2.24, 2.45) is 4.99 Å². The van der Waals surface area contributed by atoms with Crippen molar-refractivity contribution in [2.45, 2.75) is 32.7 Å². The first-order valence-electron chi connectivity index (χ1n) is 10.7. The van der Waals surface area contributed by atoms with Gasteiger partial charge in [0.1, 0.15) is 11.5 Å². The van der Waals surface area contributed by atoms with Crippen LogP contribution in [0.3, 0.4) is 0 Å². The Kier molecular flexibility index (Phi) is 7.76. The molecule has 1 atom stereocenters. The maximum atomic E-state index is 11.5. The zero-order valence-electron chi connectivity index (χ0n) is 18.8. The van der Waals surface area contributed by atoms with Crippen molar-refractivity contribution in [3.8, 4) is 11.5 Å². The van der Waals surface area contributed by atoms with Crippen molar-refractivity contribution in [2.75, 3.05) is 39.2 Å². The third-order valence-electron chi connectivity index (χ3n) is 5.40. The van der Waals surface area contributed by atoms with E-state index in [1.54, 1.807) is 14.2 Å². The lowest BCUT2D eigenvalue weighted by atomic mass is 9.98. The van der Waals surface area contributed by atoms with Crippen LogP contribution >= 0.6 is 0 Å². The fraction of sp³-hybridized carbons (Fsp3) is 0.417. The topological polar surface area (TPSA) is 75.2 Å². The smallest absolute Gasteiger partial charge is 0.221 e. The number of aliphatic imine (C=N–C) groups is 1. The van der Waals surface area contributed by atoms with Gasteiger partial charge in [-0.05, 0) is 48.7 Å². The fourth-order valence-corrected chi connectivity index (χ4v) is 3.83. The van der Waals surface area contributed by atoms with E-state index in [0.717, 1.165) is 43.3 Å². The van der Waals surface area contributed by atoms with Gasteiger partial charge < -0.3 is 25.0 Å². The summed E-state index contributed by atoms with van der Waals surface area (Å²) in [5, 5.41) is 6.23. The molecule has 1 amide bonds. The van der Waals surface area contributed by atoms with Crippen molar-refractivity contribution < 1.29 is 14.3 Å². The van der Waals surface area contributed by atoms with Gasteiger partial charge in [-0.3, -0.25) is 4.79 Å². The van der Waals surface area contributed by atoms with Crippen LogP contribution < -0.4 is 20.1 Å². The number of nitrogens with one attached hydrogen (secondary N) is 2. The van der Waals surface area contributed by atoms with Crippen molar-refractivity contribution >= 4 is 17.6 Å². The number of hydrogen-bond donors (Lipinski definition) is 2. The highest BCUT2D eigenvalue weighted by Crippen LogP contribution is 2.29. The number of amides is 1. The van der Waals surface area contributed by atoms with E-state index >= 15 is 0 Å². The number of rotatable bonds is 7. The molecule has 31 heavy (non-hydrogen) atoms. The molecule has 7 heteroatoms. The summed E-state index contributed by atoms with van der Waals surface area (Å²) in [6.45, 7) is 6.78. The molecule has 0 bridgehead atoms. The second-order valence-corrected chi connectivity index (χ2v) is 7.59. The molecule has 1 aliphatic heterocycles. The molecule has 2 aromatic carbocycles. The number of ether oxygens (including phenoxy) is 2. The van der Waals surface area contributed by atoms with Crippen LogP contribution in [0.2, 0.25) is 0 Å². The van der Waals surface area contributed by atoms with Crippen LogP contribution in [0.15, 0.2) is 47.5 Å². The van der Waals surface area contributed by atoms with Crippen molar-refractivity contribution in [3.05, 3.63) is 53.6 Å². The number of nitrogens with zero attached hydrogens (tertiary/aromatic N) is 2. The molecule has 2 aromatic rings. The first-order valence-corrected chi connectivity index (χ1v) is 10.7. The van der Waals surface area contributed by atoms with Crippen LogP contribution in [-0.4, -0.2) is 50.6 Å². The lowest BCUT2D eigenvalue weighted by molar-refractivity contribution is -0.114. The molecule has 0 aromatic heterocycles. The van der Waals surface area contributed by atoms with E-state index in [4.69, 9.17) is 14.5 Å². The Morgan fingerprint density at radius 1 is 1.16 bits per heavy atom. The second kappa shape index (κ2) is 10.7. The quantitative estimate of drug-likeness (QED) is 0.525. The summed E-state index contributed by atoms with van der Waals surface area (Å²) in [6.07, 6.45) is 1.09. The number of carbonyl (C=O) groups excluding carboxylic acids is 1. The van der Waals surface area contributed by atoms with E-state index in [1.807, 2.05) is 30.3 Å². The fourth-order valence-electron chi connectivity index (χ4n) is 3.83. The molecule has 1 heterocycles. The normalized spacial score (nSPS) is 16.2. The minimum Gasteiger partial charge on any atom is -0.497 e. The zero-order chi connectivity index (χ0) is 22.2. The number of carbonyl (C=O) groups is 1. The predicted molar refractivity (Wildman–Crippen MR) is 124 cm³/mol. The Morgan fingerprint density at radius 2 is 1.94 bits per heavy atom.